The Balaban J connectivity index is 1.75. The van der Waals surface area contributed by atoms with Crippen LogP contribution in [0.2, 0.25) is 0 Å². The Labute approximate surface area is 155 Å². The average molecular weight is 383 g/mol. The molecular weight excluding hydrogens is 359 g/mol. The van der Waals surface area contributed by atoms with E-state index in [9.17, 15) is 18.0 Å². The fourth-order valence-electron chi connectivity index (χ4n) is 3.52. The highest BCUT2D eigenvalue weighted by molar-refractivity contribution is 5.97. The molecular formula is C19H24F3N3O2. The standard InChI is InChI=1S/C19H24F3N3O2/c1-18(2,3)9-15-14-7-11(10-23-17(14)27-25-15)16(26)24-13-6-4-5-12(8-13)19(20,21)22/h7,10,12-13H,4-6,8-9H2,1-3H3,(H,24,26)/t12-,13-/m0/s1. The molecule has 1 saturated carbocycles. The van der Waals surface area contributed by atoms with Gasteiger partial charge in [0.25, 0.3) is 11.6 Å². The number of halogens is 3. The maximum absolute atomic E-state index is 13.0. The third kappa shape index (κ3) is 4.78. The number of carbonyl (C=O) groups excluding carboxylic acids is 1. The summed E-state index contributed by atoms with van der Waals surface area (Å²) in [5, 5.41) is 7.43. The lowest BCUT2D eigenvalue weighted by atomic mass is 9.85. The van der Waals surface area contributed by atoms with E-state index in [0.717, 1.165) is 5.69 Å². The van der Waals surface area contributed by atoms with Gasteiger partial charge in [-0.2, -0.15) is 13.2 Å². The normalized spacial score (nSPS) is 21.4. The molecule has 148 valence electrons. The SMILES string of the molecule is CC(C)(C)Cc1noc2ncc(C(=O)N[C@H]3CCC[C@H](C(F)(F)F)C3)cc12. The van der Waals surface area contributed by atoms with Crippen LogP contribution in [0.15, 0.2) is 16.8 Å². The summed E-state index contributed by atoms with van der Waals surface area (Å²) in [6.07, 6.45) is -1.14. The van der Waals surface area contributed by atoms with Crippen molar-refractivity contribution in [3.63, 3.8) is 0 Å². The van der Waals surface area contributed by atoms with Gasteiger partial charge >= 0.3 is 6.18 Å². The maximum atomic E-state index is 13.0. The van der Waals surface area contributed by atoms with Gasteiger partial charge in [0.2, 0.25) is 0 Å². The molecule has 2 heterocycles. The first kappa shape index (κ1) is 19.6. The van der Waals surface area contributed by atoms with E-state index in [1.54, 1.807) is 6.07 Å². The van der Waals surface area contributed by atoms with Crippen LogP contribution in [0.3, 0.4) is 0 Å². The quantitative estimate of drug-likeness (QED) is 0.837. The van der Waals surface area contributed by atoms with Gasteiger partial charge in [-0.1, -0.05) is 32.3 Å². The van der Waals surface area contributed by atoms with Crippen LogP contribution in [0.25, 0.3) is 11.1 Å². The molecule has 0 aliphatic heterocycles. The van der Waals surface area contributed by atoms with Crippen molar-refractivity contribution in [3.8, 4) is 0 Å². The molecule has 0 radical (unpaired) electrons. The number of carbonyl (C=O) groups is 1. The summed E-state index contributed by atoms with van der Waals surface area (Å²) in [6.45, 7) is 6.20. The molecule has 2 aromatic rings. The Hall–Kier alpha value is -2.12. The molecule has 2 aromatic heterocycles. The number of rotatable bonds is 3. The van der Waals surface area contributed by atoms with Crippen molar-refractivity contribution in [2.45, 2.75) is 65.1 Å². The Kier molecular flexibility index (Phi) is 5.18. The largest absolute Gasteiger partial charge is 0.391 e. The average Bonchev–Trinajstić information content (AvgIpc) is 2.95. The summed E-state index contributed by atoms with van der Waals surface area (Å²) in [5.74, 6) is -1.77. The summed E-state index contributed by atoms with van der Waals surface area (Å²) < 4.78 is 44.1. The fraction of sp³-hybridized carbons (Fsp3) is 0.632. The molecule has 8 heteroatoms. The maximum Gasteiger partial charge on any atom is 0.391 e. The minimum atomic E-state index is -4.21. The van der Waals surface area contributed by atoms with Gasteiger partial charge < -0.3 is 9.84 Å². The van der Waals surface area contributed by atoms with Crippen LogP contribution >= 0.6 is 0 Å². The van der Waals surface area contributed by atoms with Gasteiger partial charge in [0.05, 0.1) is 22.6 Å². The molecule has 0 bridgehead atoms. The number of amides is 1. The highest BCUT2D eigenvalue weighted by atomic mass is 19.4. The number of hydrogen-bond donors (Lipinski definition) is 1. The van der Waals surface area contributed by atoms with Crippen molar-refractivity contribution in [1.29, 1.82) is 0 Å². The zero-order valence-corrected chi connectivity index (χ0v) is 15.7. The number of pyridine rings is 1. The van der Waals surface area contributed by atoms with Crippen molar-refractivity contribution in [3.05, 3.63) is 23.5 Å². The fourth-order valence-corrected chi connectivity index (χ4v) is 3.52. The lowest BCUT2D eigenvalue weighted by molar-refractivity contribution is -0.183. The molecule has 1 N–H and O–H groups in total. The third-order valence-electron chi connectivity index (χ3n) is 4.84. The Morgan fingerprint density at radius 1 is 1.30 bits per heavy atom. The lowest BCUT2D eigenvalue weighted by Gasteiger charge is -2.31. The molecule has 27 heavy (non-hydrogen) atoms. The van der Waals surface area contributed by atoms with E-state index in [-0.39, 0.29) is 18.3 Å². The number of nitrogens with zero attached hydrogens (tertiary/aromatic N) is 2. The van der Waals surface area contributed by atoms with E-state index in [0.29, 0.717) is 35.9 Å². The van der Waals surface area contributed by atoms with E-state index in [4.69, 9.17) is 4.52 Å². The van der Waals surface area contributed by atoms with Crippen LogP contribution in [0, 0.1) is 11.3 Å². The monoisotopic (exact) mass is 383 g/mol. The van der Waals surface area contributed by atoms with Gasteiger partial charge in [-0.15, -0.1) is 0 Å². The van der Waals surface area contributed by atoms with E-state index in [1.165, 1.54) is 6.20 Å². The van der Waals surface area contributed by atoms with Crippen LogP contribution in [0.5, 0.6) is 0 Å². The van der Waals surface area contributed by atoms with Gasteiger partial charge in [-0.3, -0.25) is 4.79 Å². The van der Waals surface area contributed by atoms with Gasteiger partial charge in [0, 0.05) is 12.2 Å². The number of aromatic nitrogens is 2. The van der Waals surface area contributed by atoms with E-state index >= 15 is 0 Å². The predicted molar refractivity (Wildman–Crippen MR) is 94.2 cm³/mol. The van der Waals surface area contributed by atoms with Gasteiger partial charge in [0.1, 0.15) is 0 Å². The molecule has 2 atom stereocenters. The van der Waals surface area contributed by atoms with Crippen molar-refractivity contribution < 1.29 is 22.5 Å². The molecule has 1 amide bonds. The summed E-state index contributed by atoms with van der Waals surface area (Å²) in [4.78, 5) is 16.7. The molecule has 1 fully saturated rings. The molecule has 5 nitrogen and oxygen atoms in total. The molecule has 1 aliphatic carbocycles. The lowest BCUT2D eigenvalue weighted by Crippen LogP contribution is -2.41. The van der Waals surface area contributed by atoms with Crippen LogP contribution in [0.1, 0.15) is 62.5 Å². The van der Waals surface area contributed by atoms with Gasteiger partial charge in [-0.05, 0) is 37.2 Å². The van der Waals surface area contributed by atoms with Crippen molar-refractivity contribution >= 4 is 17.0 Å². The molecule has 0 unspecified atom stereocenters. The molecule has 3 rings (SSSR count). The van der Waals surface area contributed by atoms with Gasteiger partial charge in [-0.25, -0.2) is 4.98 Å². The Morgan fingerprint density at radius 3 is 2.70 bits per heavy atom. The van der Waals surface area contributed by atoms with Crippen molar-refractivity contribution in [1.82, 2.24) is 15.5 Å². The van der Waals surface area contributed by atoms with Gasteiger partial charge in [0.15, 0.2) is 0 Å². The highest BCUT2D eigenvalue weighted by Crippen LogP contribution is 2.37. The van der Waals surface area contributed by atoms with Crippen LogP contribution in [0.4, 0.5) is 13.2 Å². The van der Waals surface area contributed by atoms with Crippen molar-refractivity contribution in [2.75, 3.05) is 0 Å². The smallest absolute Gasteiger partial charge is 0.349 e. The first-order chi connectivity index (χ1) is 12.5. The van der Waals surface area contributed by atoms with E-state index < -0.39 is 24.0 Å². The van der Waals surface area contributed by atoms with Crippen molar-refractivity contribution in [2.24, 2.45) is 11.3 Å². The van der Waals surface area contributed by atoms with E-state index in [1.807, 2.05) is 0 Å². The molecule has 0 spiro atoms. The third-order valence-corrected chi connectivity index (χ3v) is 4.84. The number of hydrogen-bond acceptors (Lipinski definition) is 4. The van der Waals surface area contributed by atoms with E-state index in [2.05, 4.69) is 36.2 Å². The Morgan fingerprint density at radius 2 is 2.04 bits per heavy atom. The minimum Gasteiger partial charge on any atom is -0.349 e. The van der Waals surface area contributed by atoms with Crippen LogP contribution in [-0.2, 0) is 6.42 Å². The molecule has 0 saturated heterocycles. The second-order valence-electron chi connectivity index (χ2n) is 8.52. The van der Waals surface area contributed by atoms with Crippen LogP contribution in [-0.4, -0.2) is 28.3 Å². The number of fused-ring (bicyclic) bond motifs is 1. The number of nitrogens with one attached hydrogen (secondary N) is 1. The zero-order valence-electron chi connectivity index (χ0n) is 15.7. The molecule has 0 aromatic carbocycles. The summed E-state index contributed by atoms with van der Waals surface area (Å²) in [5.41, 5.74) is 1.35. The first-order valence-corrected chi connectivity index (χ1v) is 9.15. The number of alkyl halides is 3. The predicted octanol–water partition coefficient (Wildman–Crippen LogP) is 4.66. The Bertz CT molecular complexity index is 824. The molecule has 1 aliphatic rings. The zero-order chi connectivity index (χ0) is 19.8. The summed E-state index contributed by atoms with van der Waals surface area (Å²) in [6, 6.07) is 1.17. The van der Waals surface area contributed by atoms with Crippen LogP contribution < -0.4 is 5.32 Å². The minimum absolute atomic E-state index is 0.0171. The topological polar surface area (TPSA) is 68.0 Å². The second kappa shape index (κ2) is 7.13. The first-order valence-electron chi connectivity index (χ1n) is 9.15. The summed E-state index contributed by atoms with van der Waals surface area (Å²) >= 11 is 0. The second-order valence-corrected chi connectivity index (χ2v) is 8.52. The summed E-state index contributed by atoms with van der Waals surface area (Å²) in [7, 11) is 0. The highest BCUT2D eigenvalue weighted by Gasteiger charge is 2.42.